The topological polar surface area (TPSA) is 123 Å². The number of nitrogens with one attached hydrogen (secondary N) is 2. The number of ether oxygens (including phenoxy) is 3. The number of rotatable bonds is 13. The van der Waals surface area contributed by atoms with Gasteiger partial charge in [0, 0.05) is 18.2 Å². The standard InChI is InChI=1S/C37H35N3O7S/c1-3-45-31-21-23-33(24-22-31)48(43,44)40(2)30-17-19-32(20-18-30)46-26-36(41)38-39-37(42)29-15-13-27(14-16-29)25-47-35-12-8-7-11-34(35)28-9-5-4-6-10-28/h4-24H,3,25-26H2,1-2H3,(H,38,41)(H,39,42). The highest BCUT2D eigenvalue weighted by Gasteiger charge is 2.21. The van der Waals surface area contributed by atoms with E-state index in [9.17, 15) is 18.0 Å². The Morgan fingerprint density at radius 3 is 2.00 bits per heavy atom. The molecule has 10 nitrogen and oxygen atoms in total. The summed E-state index contributed by atoms with van der Waals surface area (Å²) in [5.74, 6) is 0.612. The lowest BCUT2D eigenvalue weighted by Gasteiger charge is -2.20. The van der Waals surface area contributed by atoms with E-state index in [1.54, 1.807) is 60.7 Å². The van der Waals surface area contributed by atoms with Crippen molar-refractivity contribution in [2.45, 2.75) is 18.4 Å². The molecule has 5 aromatic carbocycles. The molecular formula is C37H35N3O7S. The fourth-order valence-corrected chi connectivity index (χ4v) is 5.86. The van der Waals surface area contributed by atoms with Crippen molar-refractivity contribution in [3.05, 3.63) is 139 Å². The molecule has 0 radical (unpaired) electrons. The second-order valence-corrected chi connectivity index (χ2v) is 12.5. The molecule has 0 aliphatic heterocycles. The largest absolute Gasteiger partial charge is 0.494 e. The third-order valence-corrected chi connectivity index (χ3v) is 9.06. The second kappa shape index (κ2) is 15.7. The fourth-order valence-electron chi connectivity index (χ4n) is 4.67. The van der Waals surface area contributed by atoms with Gasteiger partial charge in [0.1, 0.15) is 23.9 Å². The molecule has 0 bridgehead atoms. The number of sulfonamides is 1. The molecule has 2 amide bonds. The summed E-state index contributed by atoms with van der Waals surface area (Å²) in [4.78, 5) is 25.0. The van der Waals surface area contributed by atoms with Gasteiger partial charge in [-0.05, 0) is 84.8 Å². The third-order valence-electron chi connectivity index (χ3n) is 7.26. The number of nitrogens with zero attached hydrogens (tertiary/aromatic N) is 1. The minimum Gasteiger partial charge on any atom is -0.494 e. The molecule has 0 saturated heterocycles. The van der Waals surface area contributed by atoms with Crippen molar-refractivity contribution >= 4 is 27.5 Å². The summed E-state index contributed by atoms with van der Waals surface area (Å²) in [5.41, 5.74) is 8.38. The monoisotopic (exact) mass is 665 g/mol. The zero-order valence-electron chi connectivity index (χ0n) is 26.5. The van der Waals surface area contributed by atoms with Crippen molar-refractivity contribution in [3.63, 3.8) is 0 Å². The highest BCUT2D eigenvalue weighted by atomic mass is 32.2. The lowest BCUT2D eigenvalue weighted by Crippen LogP contribution is -2.43. The lowest BCUT2D eigenvalue weighted by atomic mass is 10.0. The first-order valence-electron chi connectivity index (χ1n) is 15.1. The normalized spacial score (nSPS) is 10.9. The van der Waals surface area contributed by atoms with Crippen LogP contribution in [0.1, 0.15) is 22.8 Å². The second-order valence-electron chi connectivity index (χ2n) is 10.5. The van der Waals surface area contributed by atoms with Crippen LogP contribution in [0, 0.1) is 0 Å². The summed E-state index contributed by atoms with van der Waals surface area (Å²) >= 11 is 0. The number of benzene rings is 5. The van der Waals surface area contributed by atoms with E-state index in [-0.39, 0.29) is 11.5 Å². The number of hydrazine groups is 1. The Hall–Kier alpha value is -5.81. The van der Waals surface area contributed by atoms with Crippen LogP contribution in [0.15, 0.2) is 132 Å². The van der Waals surface area contributed by atoms with Crippen molar-refractivity contribution in [1.82, 2.24) is 10.9 Å². The molecular weight excluding hydrogens is 630 g/mol. The Kier molecular flexibility index (Phi) is 10.9. The number of hydrogen-bond acceptors (Lipinski definition) is 7. The van der Waals surface area contributed by atoms with E-state index in [1.165, 1.54) is 19.2 Å². The smallest absolute Gasteiger partial charge is 0.276 e. The Labute approximate surface area is 279 Å². The van der Waals surface area contributed by atoms with Crippen LogP contribution in [0.25, 0.3) is 11.1 Å². The van der Waals surface area contributed by atoms with Gasteiger partial charge in [-0.25, -0.2) is 8.42 Å². The van der Waals surface area contributed by atoms with E-state index in [0.29, 0.717) is 36.0 Å². The van der Waals surface area contributed by atoms with E-state index >= 15 is 0 Å². The zero-order valence-corrected chi connectivity index (χ0v) is 27.3. The molecule has 5 rings (SSSR count). The number of anilines is 1. The molecule has 0 fully saturated rings. The molecule has 5 aromatic rings. The molecule has 0 aliphatic rings. The van der Waals surface area contributed by atoms with Gasteiger partial charge in [0.05, 0.1) is 17.2 Å². The van der Waals surface area contributed by atoms with E-state index in [0.717, 1.165) is 26.7 Å². The molecule has 0 spiro atoms. The number of hydrogen-bond donors (Lipinski definition) is 2. The molecule has 0 saturated carbocycles. The van der Waals surface area contributed by atoms with Gasteiger partial charge < -0.3 is 14.2 Å². The summed E-state index contributed by atoms with van der Waals surface area (Å²) in [5, 5.41) is 0. The Morgan fingerprint density at radius 2 is 1.31 bits per heavy atom. The summed E-state index contributed by atoms with van der Waals surface area (Å²) in [6, 6.07) is 37.1. The predicted octanol–water partition coefficient (Wildman–Crippen LogP) is 6.00. The molecule has 0 aliphatic carbocycles. The minimum atomic E-state index is -3.80. The number of carbonyl (C=O) groups is 2. The van der Waals surface area contributed by atoms with Crippen molar-refractivity contribution in [1.29, 1.82) is 0 Å². The van der Waals surface area contributed by atoms with E-state index in [2.05, 4.69) is 10.9 Å². The van der Waals surface area contributed by atoms with Gasteiger partial charge in [-0.3, -0.25) is 24.7 Å². The Morgan fingerprint density at radius 1 is 0.688 bits per heavy atom. The minimum absolute atomic E-state index is 0.123. The molecule has 2 N–H and O–H groups in total. The summed E-state index contributed by atoms with van der Waals surface area (Å²) in [6.07, 6.45) is 0. The number of para-hydroxylation sites is 1. The van der Waals surface area contributed by atoms with E-state index in [4.69, 9.17) is 14.2 Å². The van der Waals surface area contributed by atoms with Crippen LogP contribution in [0.4, 0.5) is 5.69 Å². The van der Waals surface area contributed by atoms with Crippen LogP contribution < -0.4 is 29.4 Å². The van der Waals surface area contributed by atoms with Crippen LogP contribution >= 0.6 is 0 Å². The summed E-state index contributed by atoms with van der Waals surface area (Å²) in [6.45, 7) is 2.27. The first-order chi connectivity index (χ1) is 23.2. The molecule has 0 heterocycles. The highest BCUT2D eigenvalue weighted by Crippen LogP contribution is 2.30. The first kappa shape index (κ1) is 33.6. The average molecular weight is 666 g/mol. The van der Waals surface area contributed by atoms with Gasteiger partial charge in [0.15, 0.2) is 6.61 Å². The van der Waals surface area contributed by atoms with Crippen LogP contribution in [0.3, 0.4) is 0 Å². The van der Waals surface area contributed by atoms with Crippen LogP contribution in [-0.2, 0) is 21.4 Å². The summed E-state index contributed by atoms with van der Waals surface area (Å²) < 4.78 is 44.2. The quantitative estimate of drug-likeness (QED) is 0.148. The predicted molar refractivity (Wildman–Crippen MR) is 183 cm³/mol. The molecule has 0 atom stereocenters. The third kappa shape index (κ3) is 8.51. The van der Waals surface area contributed by atoms with Gasteiger partial charge in [0.2, 0.25) is 0 Å². The number of carbonyl (C=O) groups excluding carboxylic acids is 2. The Balaban J connectivity index is 1.07. The lowest BCUT2D eigenvalue weighted by molar-refractivity contribution is -0.123. The van der Waals surface area contributed by atoms with Gasteiger partial charge in [-0.1, -0.05) is 60.7 Å². The van der Waals surface area contributed by atoms with E-state index in [1.807, 2.05) is 61.5 Å². The number of amides is 2. The van der Waals surface area contributed by atoms with Gasteiger partial charge in [-0.15, -0.1) is 0 Å². The van der Waals surface area contributed by atoms with Crippen molar-refractivity contribution in [2.24, 2.45) is 0 Å². The van der Waals surface area contributed by atoms with Crippen LogP contribution in [0.5, 0.6) is 17.2 Å². The maximum absolute atomic E-state index is 13.0. The van der Waals surface area contributed by atoms with E-state index < -0.39 is 21.8 Å². The van der Waals surface area contributed by atoms with Crippen LogP contribution in [0.2, 0.25) is 0 Å². The first-order valence-corrected chi connectivity index (χ1v) is 16.6. The fraction of sp³-hybridized carbons (Fsp3) is 0.135. The van der Waals surface area contributed by atoms with Crippen molar-refractivity contribution < 1.29 is 32.2 Å². The Bertz CT molecular complexity index is 1930. The SMILES string of the molecule is CCOc1ccc(S(=O)(=O)N(C)c2ccc(OCC(=O)NNC(=O)c3ccc(COc4ccccc4-c4ccccc4)cc3)cc2)cc1. The zero-order chi connectivity index (χ0) is 33.9. The maximum atomic E-state index is 13.0. The molecule has 0 aromatic heterocycles. The highest BCUT2D eigenvalue weighted by molar-refractivity contribution is 7.92. The average Bonchev–Trinajstić information content (AvgIpc) is 3.13. The van der Waals surface area contributed by atoms with Crippen molar-refractivity contribution in [3.8, 4) is 28.4 Å². The molecule has 11 heteroatoms. The maximum Gasteiger partial charge on any atom is 0.276 e. The van der Waals surface area contributed by atoms with Gasteiger partial charge >= 0.3 is 0 Å². The molecule has 0 unspecified atom stereocenters. The van der Waals surface area contributed by atoms with Gasteiger partial charge in [-0.2, -0.15) is 0 Å². The van der Waals surface area contributed by atoms with Crippen LogP contribution in [-0.4, -0.2) is 40.5 Å². The molecule has 48 heavy (non-hydrogen) atoms. The van der Waals surface area contributed by atoms with Gasteiger partial charge in [0.25, 0.3) is 21.8 Å². The summed E-state index contributed by atoms with van der Waals surface area (Å²) in [7, 11) is -2.35. The molecule has 246 valence electrons. The van der Waals surface area contributed by atoms with Crippen molar-refractivity contribution in [2.75, 3.05) is 24.6 Å².